The molecular formula is C10H15NO2. The molecule has 13 heavy (non-hydrogen) atoms. The fourth-order valence-electron chi connectivity index (χ4n) is 2.30. The van der Waals surface area contributed by atoms with Crippen LogP contribution in [0.2, 0.25) is 0 Å². The molecule has 2 aliphatic heterocycles. The second kappa shape index (κ2) is 3.50. The van der Waals surface area contributed by atoms with Gasteiger partial charge in [-0.15, -0.1) is 0 Å². The molecule has 0 aromatic rings. The molecule has 2 fully saturated rings. The van der Waals surface area contributed by atoms with E-state index in [2.05, 4.69) is 6.58 Å². The van der Waals surface area contributed by atoms with E-state index in [0.717, 1.165) is 12.8 Å². The highest BCUT2D eigenvalue weighted by Gasteiger charge is 2.36. The molecule has 2 rings (SSSR count). The fourth-order valence-corrected chi connectivity index (χ4v) is 2.30. The fraction of sp³-hybridized carbons (Fsp3) is 0.700. The largest absolute Gasteiger partial charge is 0.377 e. The second-order valence-electron chi connectivity index (χ2n) is 3.73. The van der Waals surface area contributed by atoms with Gasteiger partial charge in [0, 0.05) is 0 Å². The van der Waals surface area contributed by atoms with Crippen molar-refractivity contribution >= 4 is 5.91 Å². The van der Waals surface area contributed by atoms with E-state index in [-0.39, 0.29) is 5.91 Å². The van der Waals surface area contributed by atoms with Crippen LogP contribution in [0.1, 0.15) is 19.3 Å². The highest BCUT2D eigenvalue weighted by atomic mass is 16.5. The van der Waals surface area contributed by atoms with Gasteiger partial charge < -0.3 is 9.64 Å². The zero-order valence-electron chi connectivity index (χ0n) is 7.74. The SMILES string of the molecule is C=CC(=O)N1C2CCCC1COC2. The maximum Gasteiger partial charge on any atom is 0.246 e. The minimum absolute atomic E-state index is 0.0676. The number of hydrogen-bond acceptors (Lipinski definition) is 2. The van der Waals surface area contributed by atoms with Crippen LogP contribution < -0.4 is 0 Å². The Labute approximate surface area is 78.4 Å². The van der Waals surface area contributed by atoms with E-state index in [1.54, 1.807) is 0 Å². The number of carbonyl (C=O) groups excluding carboxylic acids is 1. The normalized spacial score (nSPS) is 32.8. The summed E-state index contributed by atoms with van der Waals surface area (Å²) in [6.07, 6.45) is 4.79. The van der Waals surface area contributed by atoms with E-state index in [4.69, 9.17) is 4.74 Å². The molecule has 0 N–H and O–H groups in total. The first-order valence-electron chi connectivity index (χ1n) is 4.85. The van der Waals surface area contributed by atoms with Gasteiger partial charge in [-0.3, -0.25) is 4.79 Å². The predicted octanol–water partition coefficient (Wildman–Crippen LogP) is 0.952. The number of hydrogen-bond donors (Lipinski definition) is 0. The van der Waals surface area contributed by atoms with Crippen molar-refractivity contribution in [2.45, 2.75) is 31.3 Å². The van der Waals surface area contributed by atoms with Crippen molar-refractivity contribution in [3.8, 4) is 0 Å². The average molecular weight is 181 g/mol. The molecule has 2 saturated heterocycles. The minimum atomic E-state index is 0.0676. The Balaban J connectivity index is 2.15. The van der Waals surface area contributed by atoms with Crippen LogP contribution in [0, 0.1) is 0 Å². The second-order valence-corrected chi connectivity index (χ2v) is 3.73. The average Bonchev–Trinajstić information content (AvgIpc) is 2.15. The van der Waals surface area contributed by atoms with Gasteiger partial charge in [-0.1, -0.05) is 6.58 Å². The third kappa shape index (κ3) is 1.48. The molecule has 2 aliphatic rings. The smallest absolute Gasteiger partial charge is 0.246 e. The molecule has 1 amide bonds. The molecule has 2 unspecified atom stereocenters. The summed E-state index contributed by atoms with van der Waals surface area (Å²) in [4.78, 5) is 13.5. The van der Waals surface area contributed by atoms with Gasteiger partial charge in [0.05, 0.1) is 25.3 Å². The van der Waals surface area contributed by atoms with Crippen molar-refractivity contribution in [3.05, 3.63) is 12.7 Å². The molecule has 0 radical (unpaired) electrons. The molecule has 2 atom stereocenters. The first-order chi connectivity index (χ1) is 6.33. The Morgan fingerprint density at radius 1 is 1.38 bits per heavy atom. The standard InChI is InChI=1S/C10H15NO2/c1-2-10(12)11-8-4-3-5-9(11)7-13-6-8/h2,8-9H,1,3-7H2. The lowest BCUT2D eigenvalue weighted by Crippen LogP contribution is -2.56. The van der Waals surface area contributed by atoms with Crippen LogP contribution >= 0.6 is 0 Å². The molecule has 0 spiro atoms. The van der Waals surface area contributed by atoms with Gasteiger partial charge in [0.15, 0.2) is 0 Å². The molecule has 0 aromatic heterocycles. The van der Waals surface area contributed by atoms with Gasteiger partial charge in [-0.05, 0) is 25.3 Å². The van der Waals surface area contributed by atoms with Crippen LogP contribution in [-0.4, -0.2) is 36.1 Å². The van der Waals surface area contributed by atoms with Crippen molar-refractivity contribution in [1.82, 2.24) is 4.90 Å². The van der Waals surface area contributed by atoms with E-state index in [1.807, 2.05) is 4.90 Å². The molecule has 0 aliphatic carbocycles. The summed E-state index contributed by atoms with van der Waals surface area (Å²) in [6, 6.07) is 0.607. The summed E-state index contributed by atoms with van der Waals surface area (Å²) in [7, 11) is 0. The Kier molecular flexibility index (Phi) is 2.36. The Morgan fingerprint density at radius 3 is 2.54 bits per heavy atom. The highest BCUT2D eigenvalue weighted by molar-refractivity contribution is 5.87. The summed E-state index contributed by atoms with van der Waals surface area (Å²) in [5.74, 6) is 0.0676. The van der Waals surface area contributed by atoms with Crippen molar-refractivity contribution in [2.24, 2.45) is 0 Å². The van der Waals surface area contributed by atoms with Crippen LogP contribution in [0.5, 0.6) is 0 Å². The Morgan fingerprint density at radius 2 is 2.00 bits per heavy atom. The zero-order chi connectivity index (χ0) is 9.26. The van der Waals surface area contributed by atoms with Gasteiger partial charge in [0.2, 0.25) is 5.91 Å². The number of amides is 1. The number of ether oxygens (including phenoxy) is 1. The maximum absolute atomic E-state index is 11.5. The number of rotatable bonds is 1. The lowest BCUT2D eigenvalue weighted by atomic mass is 9.94. The topological polar surface area (TPSA) is 29.5 Å². The molecule has 3 nitrogen and oxygen atoms in total. The Hall–Kier alpha value is -0.830. The van der Waals surface area contributed by atoms with E-state index in [0.29, 0.717) is 25.3 Å². The first-order valence-corrected chi connectivity index (χ1v) is 4.85. The van der Waals surface area contributed by atoms with Crippen LogP contribution in [0.3, 0.4) is 0 Å². The number of fused-ring (bicyclic) bond motifs is 2. The third-order valence-electron chi connectivity index (χ3n) is 2.91. The number of piperidine rings is 1. The zero-order valence-corrected chi connectivity index (χ0v) is 7.74. The molecule has 72 valence electrons. The van der Waals surface area contributed by atoms with Crippen molar-refractivity contribution < 1.29 is 9.53 Å². The van der Waals surface area contributed by atoms with Gasteiger partial charge in [0.25, 0.3) is 0 Å². The Bertz CT molecular complexity index is 205. The van der Waals surface area contributed by atoms with Crippen LogP contribution in [0.25, 0.3) is 0 Å². The lowest BCUT2D eigenvalue weighted by Gasteiger charge is -2.45. The van der Waals surface area contributed by atoms with Gasteiger partial charge in [-0.2, -0.15) is 0 Å². The third-order valence-corrected chi connectivity index (χ3v) is 2.91. The molecule has 2 bridgehead atoms. The van der Waals surface area contributed by atoms with Gasteiger partial charge in [-0.25, -0.2) is 0 Å². The lowest BCUT2D eigenvalue weighted by molar-refractivity contribution is -0.145. The van der Waals surface area contributed by atoms with E-state index >= 15 is 0 Å². The molecular weight excluding hydrogens is 166 g/mol. The van der Waals surface area contributed by atoms with Crippen LogP contribution in [0.15, 0.2) is 12.7 Å². The highest BCUT2D eigenvalue weighted by Crippen LogP contribution is 2.27. The quantitative estimate of drug-likeness (QED) is 0.564. The maximum atomic E-state index is 11.5. The van der Waals surface area contributed by atoms with Crippen LogP contribution in [0.4, 0.5) is 0 Å². The number of morpholine rings is 1. The summed E-state index contributed by atoms with van der Waals surface area (Å²) in [5.41, 5.74) is 0. The van der Waals surface area contributed by atoms with E-state index in [1.165, 1.54) is 12.5 Å². The molecule has 0 saturated carbocycles. The first kappa shape index (κ1) is 8.75. The van der Waals surface area contributed by atoms with E-state index in [9.17, 15) is 4.79 Å². The molecule has 2 heterocycles. The summed E-state index contributed by atoms with van der Waals surface area (Å²) < 4.78 is 5.43. The summed E-state index contributed by atoms with van der Waals surface area (Å²) in [6.45, 7) is 4.94. The monoisotopic (exact) mass is 181 g/mol. The number of carbonyl (C=O) groups is 1. The predicted molar refractivity (Wildman–Crippen MR) is 49.3 cm³/mol. The summed E-state index contributed by atoms with van der Waals surface area (Å²) >= 11 is 0. The van der Waals surface area contributed by atoms with Crippen LogP contribution in [-0.2, 0) is 9.53 Å². The van der Waals surface area contributed by atoms with Crippen molar-refractivity contribution in [2.75, 3.05) is 13.2 Å². The minimum Gasteiger partial charge on any atom is -0.377 e. The number of nitrogens with zero attached hydrogens (tertiary/aromatic N) is 1. The van der Waals surface area contributed by atoms with E-state index < -0.39 is 0 Å². The van der Waals surface area contributed by atoms with Crippen molar-refractivity contribution in [1.29, 1.82) is 0 Å². The molecule has 3 heteroatoms. The summed E-state index contributed by atoms with van der Waals surface area (Å²) in [5, 5.41) is 0. The van der Waals surface area contributed by atoms with Crippen molar-refractivity contribution in [3.63, 3.8) is 0 Å². The molecule has 0 aromatic carbocycles. The van der Waals surface area contributed by atoms with Gasteiger partial charge >= 0.3 is 0 Å². The van der Waals surface area contributed by atoms with Gasteiger partial charge in [0.1, 0.15) is 0 Å².